The van der Waals surface area contributed by atoms with Gasteiger partial charge >= 0.3 is 0 Å². The van der Waals surface area contributed by atoms with E-state index in [1.165, 1.54) is 0 Å². The zero-order chi connectivity index (χ0) is 8.62. The lowest BCUT2D eigenvalue weighted by atomic mass is 10.1. The summed E-state index contributed by atoms with van der Waals surface area (Å²) in [5.74, 6) is 0. The average molecular weight is 141 g/mol. The highest BCUT2D eigenvalue weighted by atomic mass is 14.8. The van der Waals surface area contributed by atoms with Gasteiger partial charge in [0.05, 0.1) is 5.54 Å². The van der Waals surface area contributed by atoms with Crippen LogP contribution < -0.4 is 0 Å². The third kappa shape index (κ3) is 7.41. The van der Waals surface area contributed by atoms with Crippen molar-refractivity contribution in [1.29, 1.82) is 0 Å². The Morgan fingerprint density at radius 3 is 1.80 bits per heavy atom. The molecule has 0 bridgehead atoms. The summed E-state index contributed by atoms with van der Waals surface area (Å²) in [6.45, 7) is 13.6. The van der Waals surface area contributed by atoms with E-state index < -0.39 is 0 Å². The summed E-state index contributed by atoms with van der Waals surface area (Å²) in [7, 11) is 0. The van der Waals surface area contributed by atoms with Gasteiger partial charge in [-0.05, 0) is 27.0 Å². The normalized spacial score (nSPS) is 10.5. The molecular weight excluding hydrogens is 122 g/mol. The van der Waals surface area contributed by atoms with Crippen molar-refractivity contribution in [3.8, 4) is 0 Å². The fraction of sp³-hybridized carbons (Fsp3) is 0.667. The van der Waals surface area contributed by atoms with Crippen LogP contribution in [-0.2, 0) is 0 Å². The summed E-state index contributed by atoms with van der Waals surface area (Å²) in [4.78, 5) is 4.13. The van der Waals surface area contributed by atoms with Crippen LogP contribution in [0.15, 0.2) is 17.6 Å². The van der Waals surface area contributed by atoms with Crippen molar-refractivity contribution in [3.05, 3.63) is 12.7 Å². The highest BCUT2D eigenvalue weighted by molar-refractivity contribution is 5.54. The first-order valence-electron chi connectivity index (χ1n) is 3.76. The maximum Gasteiger partial charge on any atom is 0.0724 e. The number of aliphatic imine (C=N–C) groups is 1. The van der Waals surface area contributed by atoms with Crippen molar-refractivity contribution in [1.82, 2.24) is 0 Å². The van der Waals surface area contributed by atoms with Gasteiger partial charge in [0.15, 0.2) is 0 Å². The van der Waals surface area contributed by atoms with Crippen LogP contribution in [0.2, 0.25) is 0 Å². The Kier molecular flexibility index (Phi) is 7.91. The van der Waals surface area contributed by atoms with Crippen molar-refractivity contribution in [2.75, 3.05) is 0 Å². The van der Waals surface area contributed by atoms with Crippen LogP contribution in [0.1, 0.15) is 34.6 Å². The Bertz CT molecular complexity index is 101. The standard InChI is InChI=1S/C7H13N.C2H6/c1-5-7(3,4)8-6-2;1-2/h5-6H,1H2,2-4H3;1-2H3. The van der Waals surface area contributed by atoms with Gasteiger partial charge in [0.2, 0.25) is 0 Å². The number of hydrogen-bond donors (Lipinski definition) is 0. The van der Waals surface area contributed by atoms with Crippen LogP contribution in [0.5, 0.6) is 0 Å². The van der Waals surface area contributed by atoms with Gasteiger partial charge in [-0.2, -0.15) is 0 Å². The zero-order valence-electron chi connectivity index (χ0n) is 7.81. The lowest BCUT2D eigenvalue weighted by molar-refractivity contribution is 0.662. The van der Waals surface area contributed by atoms with Crippen LogP contribution >= 0.6 is 0 Å². The quantitative estimate of drug-likeness (QED) is 0.414. The minimum atomic E-state index is -0.0747. The molecule has 1 heteroatoms. The topological polar surface area (TPSA) is 12.4 Å². The van der Waals surface area contributed by atoms with Crippen LogP contribution in [0.3, 0.4) is 0 Å². The molecule has 0 heterocycles. The molecule has 0 aliphatic rings. The van der Waals surface area contributed by atoms with Crippen molar-refractivity contribution < 1.29 is 0 Å². The smallest absolute Gasteiger partial charge is 0.0724 e. The second-order valence-electron chi connectivity index (χ2n) is 2.25. The molecule has 0 saturated carbocycles. The molecule has 0 aliphatic carbocycles. The maximum atomic E-state index is 4.13. The van der Waals surface area contributed by atoms with Crippen molar-refractivity contribution in [3.63, 3.8) is 0 Å². The van der Waals surface area contributed by atoms with Crippen LogP contribution in [0, 0.1) is 0 Å². The van der Waals surface area contributed by atoms with Gasteiger partial charge < -0.3 is 0 Å². The molecule has 0 radical (unpaired) electrons. The van der Waals surface area contributed by atoms with E-state index in [1.807, 2.05) is 40.7 Å². The Hall–Kier alpha value is -0.590. The molecule has 0 aromatic carbocycles. The van der Waals surface area contributed by atoms with Gasteiger partial charge in [0.1, 0.15) is 0 Å². The Balaban J connectivity index is 0. The summed E-state index contributed by atoms with van der Waals surface area (Å²) in [5, 5.41) is 0. The molecule has 0 amide bonds. The molecule has 0 aliphatic heterocycles. The molecule has 60 valence electrons. The van der Waals surface area contributed by atoms with Gasteiger partial charge in [-0.15, -0.1) is 6.58 Å². The number of hydrogen-bond acceptors (Lipinski definition) is 1. The second-order valence-corrected chi connectivity index (χ2v) is 2.25. The van der Waals surface area contributed by atoms with E-state index in [1.54, 1.807) is 6.21 Å². The molecule has 0 saturated heterocycles. The minimum absolute atomic E-state index is 0.0747. The largest absolute Gasteiger partial charge is 0.288 e. The van der Waals surface area contributed by atoms with E-state index in [0.717, 1.165) is 0 Å². The highest BCUT2D eigenvalue weighted by Crippen LogP contribution is 2.07. The monoisotopic (exact) mass is 141 g/mol. The van der Waals surface area contributed by atoms with Crippen molar-refractivity contribution in [2.45, 2.75) is 40.2 Å². The SMILES string of the molecule is C=CC(C)(C)N=CC.CC. The molecule has 0 atom stereocenters. The summed E-state index contributed by atoms with van der Waals surface area (Å²) >= 11 is 0. The van der Waals surface area contributed by atoms with Crippen LogP contribution in [0.25, 0.3) is 0 Å². The highest BCUT2D eigenvalue weighted by Gasteiger charge is 2.06. The first-order valence-corrected chi connectivity index (χ1v) is 3.76. The lowest BCUT2D eigenvalue weighted by Gasteiger charge is -2.11. The van der Waals surface area contributed by atoms with Gasteiger partial charge in [-0.3, -0.25) is 4.99 Å². The predicted molar refractivity (Wildman–Crippen MR) is 49.8 cm³/mol. The molecule has 0 aromatic heterocycles. The Labute approximate surface area is 64.9 Å². The fourth-order valence-electron chi connectivity index (χ4n) is 0.385. The number of rotatable bonds is 2. The van der Waals surface area contributed by atoms with Gasteiger partial charge in [-0.25, -0.2) is 0 Å². The summed E-state index contributed by atoms with van der Waals surface area (Å²) in [6.07, 6.45) is 3.62. The van der Waals surface area contributed by atoms with Gasteiger partial charge in [0.25, 0.3) is 0 Å². The average Bonchev–Trinajstić information content (AvgIpc) is 1.93. The van der Waals surface area contributed by atoms with Crippen molar-refractivity contribution >= 4 is 6.21 Å². The maximum absolute atomic E-state index is 4.13. The summed E-state index contributed by atoms with van der Waals surface area (Å²) < 4.78 is 0. The van der Waals surface area contributed by atoms with E-state index in [-0.39, 0.29) is 5.54 Å². The van der Waals surface area contributed by atoms with E-state index >= 15 is 0 Å². The molecule has 0 unspecified atom stereocenters. The third-order valence-corrected chi connectivity index (χ3v) is 0.961. The molecule has 10 heavy (non-hydrogen) atoms. The third-order valence-electron chi connectivity index (χ3n) is 0.961. The first kappa shape index (κ1) is 12.1. The number of nitrogens with zero attached hydrogens (tertiary/aromatic N) is 1. The molecule has 0 spiro atoms. The zero-order valence-corrected chi connectivity index (χ0v) is 7.81. The Morgan fingerprint density at radius 2 is 1.70 bits per heavy atom. The molecule has 1 nitrogen and oxygen atoms in total. The van der Waals surface area contributed by atoms with E-state index in [2.05, 4.69) is 11.6 Å². The van der Waals surface area contributed by atoms with Crippen molar-refractivity contribution in [2.24, 2.45) is 4.99 Å². The predicted octanol–water partition coefficient (Wildman–Crippen LogP) is 3.07. The summed E-state index contributed by atoms with van der Waals surface area (Å²) in [5.41, 5.74) is -0.0747. The second kappa shape index (κ2) is 6.53. The lowest BCUT2D eigenvalue weighted by Crippen LogP contribution is -2.10. The Morgan fingerprint density at radius 1 is 1.30 bits per heavy atom. The minimum Gasteiger partial charge on any atom is -0.288 e. The molecule has 0 N–H and O–H groups in total. The van der Waals surface area contributed by atoms with Gasteiger partial charge in [0, 0.05) is 0 Å². The van der Waals surface area contributed by atoms with Crippen LogP contribution in [0.4, 0.5) is 0 Å². The van der Waals surface area contributed by atoms with E-state index in [0.29, 0.717) is 0 Å². The fourth-order valence-corrected chi connectivity index (χ4v) is 0.385. The molecule has 0 rings (SSSR count). The van der Waals surface area contributed by atoms with E-state index in [9.17, 15) is 0 Å². The first-order chi connectivity index (χ1) is 4.62. The van der Waals surface area contributed by atoms with Crippen LogP contribution in [-0.4, -0.2) is 11.8 Å². The summed E-state index contributed by atoms with van der Waals surface area (Å²) in [6, 6.07) is 0. The molecule has 0 fully saturated rings. The van der Waals surface area contributed by atoms with Gasteiger partial charge in [-0.1, -0.05) is 19.9 Å². The van der Waals surface area contributed by atoms with E-state index in [4.69, 9.17) is 0 Å². The molecular formula is C9H19N. The molecule has 0 aromatic rings.